The summed E-state index contributed by atoms with van der Waals surface area (Å²) in [5, 5.41) is 9.89. The second-order valence-corrected chi connectivity index (χ2v) is 5.05. The van der Waals surface area contributed by atoms with Gasteiger partial charge in [-0.1, -0.05) is 23.7 Å². The normalized spacial score (nSPS) is 12.0. The van der Waals surface area contributed by atoms with Crippen molar-refractivity contribution in [2.24, 2.45) is 0 Å². The van der Waals surface area contributed by atoms with Gasteiger partial charge in [-0.15, -0.1) is 0 Å². The van der Waals surface area contributed by atoms with Gasteiger partial charge < -0.3 is 14.6 Å². The van der Waals surface area contributed by atoms with Gasteiger partial charge in [0.1, 0.15) is 12.4 Å². The van der Waals surface area contributed by atoms with Crippen LogP contribution in [0.5, 0.6) is 11.5 Å². The number of aliphatic hydroxyl groups is 1. The van der Waals surface area contributed by atoms with Crippen molar-refractivity contribution in [1.82, 2.24) is 0 Å². The third kappa shape index (κ3) is 3.86. The van der Waals surface area contributed by atoms with Crippen molar-refractivity contribution in [3.05, 3.63) is 58.4 Å². The molecule has 0 saturated carbocycles. The van der Waals surface area contributed by atoms with Gasteiger partial charge in [-0.25, -0.2) is 4.39 Å². The van der Waals surface area contributed by atoms with Gasteiger partial charge in [0.2, 0.25) is 0 Å². The molecular formula is C16H16ClFO3. The van der Waals surface area contributed by atoms with E-state index in [4.69, 9.17) is 21.1 Å². The molecule has 1 atom stereocenters. The second kappa shape index (κ2) is 6.78. The Hall–Kier alpha value is -1.78. The third-order valence-corrected chi connectivity index (χ3v) is 3.30. The van der Waals surface area contributed by atoms with E-state index in [0.717, 1.165) is 5.56 Å². The first-order chi connectivity index (χ1) is 10.0. The molecule has 2 aromatic carbocycles. The van der Waals surface area contributed by atoms with E-state index >= 15 is 0 Å². The van der Waals surface area contributed by atoms with Gasteiger partial charge in [-0.05, 0) is 36.8 Å². The second-order valence-electron chi connectivity index (χ2n) is 4.61. The van der Waals surface area contributed by atoms with Crippen LogP contribution in [0, 0.1) is 5.82 Å². The lowest BCUT2D eigenvalue weighted by Gasteiger charge is -2.13. The zero-order valence-electron chi connectivity index (χ0n) is 11.8. The maximum atomic E-state index is 13.7. The molecule has 0 aliphatic rings. The summed E-state index contributed by atoms with van der Waals surface area (Å²) in [5.41, 5.74) is 1.12. The quantitative estimate of drug-likeness (QED) is 0.903. The van der Waals surface area contributed by atoms with Crippen molar-refractivity contribution in [2.75, 3.05) is 7.11 Å². The van der Waals surface area contributed by atoms with Gasteiger partial charge in [0, 0.05) is 10.6 Å². The van der Waals surface area contributed by atoms with Crippen LogP contribution in [-0.4, -0.2) is 12.2 Å². The highest BCUT2D eigenvalue weighted by molar-refractivity contribution is 6.30. The zero-order valence-corrected chi connectivity index (χ0v) is 12.5. The maximum absolute atomic E-state index is 13.7. The Labute approximate surface area is 127 Å². The molecule has 0 radical (unpaired) electrons. The molecule has 0 spiro atoms. The van der Waals surface area contributed by atoms with Gasteiger partial charge >= 0.3 is 0 Å². The molecule has 21 heavy (non-hydrogen) atoms. The van der Waals surface area contributed by atoms with E-state index in [1.165, 1.54) is 13.2 Å². The number of benzene rings is 2. The molecule has 2 rings (SSSR count). The molecule has 2 aromatic rings. The summed E-state index contributed by atoms with van der Waals surface area (Å²) in [6.45, 7) is 1.73. The predicted molar refractivity (Wildman–Crippen MR) is 79.4 cm³/mol. The number of halogens is 2. The number of aliphatic hydroxyl groups excluding tert-OH is 1. The van der Waals surface area contributed by atoms with Crippen molar-refractivity contribution >= 4 is 11.6 Å². The van der Waals surface area contributed by atoms with Crippen molar-refractivity contribution in [3.8, 4) is 11.5 Å². The van der Waals surface area contributed by atoms with Gasteiger partial charge in [-0.2, -0.15) is 0 Å². The van der Waals surface area contributed by atoms with E-state index in [9.17, 15) is 9.50 Å². The minimum Gasteiger partial charge on any atom is -0.493 e. The van der Waals surface area contributed by atoms with E-state index < -0.39 is 11.9 Å². The highest BCUT2D eigenvalue weighted by Crippen LogP contribution is 2.31. The molecule has 0 unspecified atom stereocenters. The van der Waals surface area contributed by atoms with Crippen molar-refractivity contribution in [3.63, 3.8) is 0 Å². The van der Waals surface area contributed by atoms with E-state index in [-0.39, 0.29) is 6.61 Å². The first kappa shape index (κ1) is 15.6. The molecule has 0 amide bonds. The van der Waals surface area contributed by atoms with Crippen molar-refractivity contribution < 1.29 is 19.0 Å². The van der Waals surface area contributed by atoms with Crippen LogP contribution < -0.4 is 9.47 Å². The van der Waals surface area contributed by atoms with Crippen molar-refractivity contribution in [2.45, 2.75) is 19.6 Å². The predicted octanol–water partition coefficient (Wildman–Crippen LogP) is 4.12. The minimum absolute atomic E-state index is 0.0629. The lowest BCUT2D eigenvalue weighted by molar-refractivity contribution is 0.198. The standard InChI is InChI=1S/C16H16ClFO3/c1-10(19)11-4-6-15(16(7-11)20-2)21-9-12-3-5-13(17)8-14(12)18/h3-8,10,19H,9H2,1-2H3/t10-/m0/s1. The van der Waals surface area contributed by atoms with Gasteiger partial charge in [0.05, 0.1) is 13.2 Å². The van der Waals surface area contributed by atoms with E-state index in [0.29, 0.717) is 22.1 Å². The van der Waals surface area contributed by atoms with Gasteiger partial charge in [0.25, 0.3) is 0 Å². The highest BCUT2D eigenvalue weighted by Gasteiger charge is 2.10. The Morgan fingerprint density at radius 1 is 1.19 bits per heavy atom. The molecule has 0 aromatic heterocycles. The van der Waals surface area contributed by atoms with Crippen LogP contribution in [0.2, 0.25) is 5.02 Å². The van der Waals surface area contributed by atoms with Gasteiger partial charge in [0.15, 0.2) is 11.5 Å². The Morgan fingerprint density at radius 2 is 1.95 bits per heavy atom. The Morgan fingerprint density at radius 3 is 2.57 bits per heavy atom. The van der Waals surface area contributed by atoms with Gasteiger partial charge in [-0.3, -0.25) is 0 Å². The number of hydrogen-bond donors (Lipinski definition) is 1. The summed E-state index contributed by atoms with van der Waals surface area (Å²) in [4.78, 5) is 0. The van der Waals surface area contributed by atoms with E-state index in [2.05, 4.69) is 0 Å². The molecule has 0 heterocycles. The summed E-state index contributed by atoms with van der Waals surface area (Å²) >= 11 is 5.70. The molecule has 0 aliphatic carbocycles. The monoisotopic (exact) mass is 310 g/mol. The fourth-order valence-electron chi connectivity index (χ4n) is 1.86. The van der Waals surface area contributed by atoms with Crippen LogP contribution in [0.15, 0.2) is 36.4 Å². The minimum atomic E-state index is -0.596. The Kier molecular flexibility index (Phi) is 5.04. The zero-order chi connectivity index (χ0) is 15.4. The molecule has 3 nitrogen and oxygen atoms in total. The Bertz CT molecular complexity index is 629. The third-order valence-electron chi connectivity index (χ3n) is 3.07. The topological polar surface area (TPSA) is 38.7 Å². The smallest absolute Gasteiger partial charge is 0.161 e. The van der Waals surface area contributed by atoms with Crippen LogP contribution in [0.4, 0.5) is 4.39 Å². The molecule has 112 valence electrons. The summed E-state index contributed by atoms with van der Waals surface area (Å²) in [5.74, 6) is 0.557. The average molecular weight is 311 g/mol. The number of rotatable bonds is 5. The summed E-state index contributed by atoms with van der Waals surface area (Å²) in [7, 11) is 1.51. The SMILES string of the molecule is COc1cc([C@H](C)O)ccc1OCc1ccc(Cl)cc1F. The largest absolute Gasteiger partial charge is 0.493 e. The lowest BCUT2D eigenvalue weighted by Crippen LogP contribution is -2.01. The highest BCUT2D eigenvalue weighted by atomic mass is 35.5. The number of hydrogen-bond acceptors (Lipinski definition) is 3. The molecular weight excluding hydrogens is 295 g/mol. The van der Waals surface area contributed by atoms with E-state index in [1.54, 1.807) is 37.3 Å². The summed E-state index contributed by atoms with van der Waals surface area (Å²) in [6, 6.07) is 9.55. The van der Waals surface area contributed by atoms with Crippen LogP contribution >= 0.6 is 11.6 Å². The molecule has 0 bridgehead atoms. The first-order valence-electron chi connectivity index (χ1n) is 6.44. The molecule has 5 heteroatoms. The molecule has 0 saturated heterocycles. The van der Waals surface area contributed by atoms with Crippen LogP contribution in [0.25, 0.3) is 0 Å². The maximum Gasteiger partial charge on any atom is 0.161 e. The fraction of sp³-hybridized carbons (Fsp3) is 0.250. The average Bonchev–Trinajstić information content (AvgIpc) is 2.46. The fourth-order valence-corrected chi connectivity index (χ4v) is 2.02. The summed E-state index contributed by atoms with van der Waals surface area (Å²) < 4.78 is 24.5. The first-order valence-corrected chi connectivity index (χ1v) is 6.81. The molecule has 0 aliphatic heterocycles. The van der Waals surface area contributed by atoms with Crippen molar-refractivity contribution in [1.29, 1.82) is 0 Å². The number of methoxy groups -OCH3 is 1. The number of ether oxygens (including phenoxy) is 2. The lowest BCUT2D eigenvalue weighted by atomic mass is 10.1. The Balaban J connectivity index is 2.16. The van der Waals surface area contributed by atoms with Crippen LogP contribution in [0.1, 0.15) is 24.2 Å². The molecule has 0 fully saturated rings. The molecule has 1 N–H and O–H groups in total. The van der Waals surface area contributed by atoms with Crippen LogP contribution in [0.3, 0.4) is 0 Å². The van der Waals surface area contributed by atoms with Crippen LogP contribution in [-0.2, 0) is 6.61 Å². The summed E-state index contributed by atoms with van der Waals surface area (Å²) in [6.07, 6.45) is -0.596. The van der Waals surface area contributed by atoms with E-state index in [1.807, 2.05) is 0 Å².